The SMILES string of the molecule is CC[C@H]1OC(=O)[C@H](C)[C@@H](O[C@H]2C[C@@](C)(OC)[C@@H](O)C(C)O2)[C@H](C)[C@@H](O[C@@H]2O[C@H](C)C[C@H](N(C)C)[C@H]2O)[C@](C)(O)C[C@@H](C)C(=O)C(C)C(O)[C@]1(C)O. The van der Waals surface area contributed by atoms with Crippen molar-refractivity contribution in [3.8, 4) is 0 Å². The molecule has 0 aliphatic carbocycles. The van der Waals surface area contributed by atoms with E-state index in [1.165, 1.54) is 27.9 Å². The highest BCUT2D eigenvalue weighted by molar-refractivity contribution is 5.83. The molecule has 0 saturated carbocycles. The first-order valence-corrected chi connectivity index (χ1v) is 18.5. The fourth-order valence-corrected chi connectivity index (χ4v) is 8.41. The van der Waals surface area contributed by atoms with Crippen LogP contribution in [0.4, 0.5) is 0 Å². The van der Waals surface area contributed by atoms with Gasteiger partial charge >= 0.3 is 5.97 Å². The van der Waals surface area contributed by atoms with Gasteiger partial charge in [-0.2, -0.15) is 0 Å². The Morgan fingerprint density at radius 3 is 2.04 bits per heavy atom. The van der Waals surface area contributed by atoms with Crippen molar-refractivity contribution in [3.63, 3.8) is 0 Å². The Bertz CT molecular complexity index is 1170. The number of carbonyl (C=O) groups excluding carboxylic acids is 2. The maximum Gasteiger partial charge on any atom is 0.311 e. The average molecular weight is 734 g/mol. The molecule has 0 amide bonds. The molecule has 0 spiro atoms. The van der Waals surface area contributed by atoms with Crippen molar-refractivity contribution in [1.29, 1.82) is 0 Å². The number of cyclic esters (lactones) is 1. The summed E-state index contributed by atoms with van der Waals surface area (Å²) in [4.78, 5) is 29.8. The van der Waals surface area contributed by atoms with Crippen LogP contribution >= 0.6 is 0 Å². The first-order valence-electron chi connectivity index (χ1n) is 18.5. The lowest BCUT2D eigenvalue weighted by molar-refractivity contribution is -0.318. The molecule has 298 valence electrons. The Morgan fingerprint density at radius 2 is 1.49 bits per heavy atom. The van der Waals surface area contributed by atoms with Crippen molar-refractivity contribution >= 4 is 11.8 Å². The first-order chi connectivity index (χ1) is 23.4. The van der Waals surface area contributed by atoms with Crippen molar-refractivity contribution in [2.75, 3.05) is 21.2 Å². The largest absolute Gasteiger partial charge is 0.459 e. The zero-order valence-electron chi connectivity index (χ0n) is 32.9. The number of ketones is 1. The summed E-state index contributed by atoms with van der Waals surface area (Å²) in [6, 6.07) is -0.324. The molecule has 0 aromatic heterocycles. The molecule has 3 saturated heterocycles. The summed E-state index contributed by atoms with van der Waals surface area (Å²) in [5, 5.41) is 57.6. The molecular formula is C37H67NO13. The molecule has 3 heterocycles. The molecule has 3 rings (SSSR count). The van der Waals surface area contributed by atoms with E-state index < -0.39 is 108 Å². The van der Waals surface area contributed by atoms with E-state index in [2.05, 4.69) is 0 Å². The van der Waals surface area contributed by atoms with Crippen molar-refractivity contribution in [1.82, 2.24) is 4.90 Å². The van der Waals surface area contributed by atoms with E-state index in [1.807, 2.05) is 25.9 Å². The van der Waals surface area contributed by atoms with Gasteiger partial charge in [0.05, 0.1) is 47.6 Å². The van der Waals surface area contributed by atoms with Crippen molar-refractivity contribution in [3.05, 3.63) is 0 Å². The fourth-order valence-electron chi connectivity index (χ4n) is 8.41. The fraction of sp³-hybridized carbons (Fsp3) is 0.946. The van der Waals surface area contributed by atoms with Crippen molar-refractivity contribution < 1.29 is 63.5 Å². The Balaban J connectivity index is 2.18. The van der Waals surface area contributed by atoms with Gasteiger partial charge in [0.15, 0.2) is 12.6 Å². The summed E-state index contributed by atoms with van der Waals surface area (Å²) in [5.74, 6) is -4.98. The Morgan fingerprint density at radius 1 is 0.882 bits per heavy atom. The molecule has 0 bridgehead atoms. The number of esters is 1. The van der Waals surface area contributed by atoms with Crippen LogP contribution in [0, 0.1) is 23.7 Å². The average Bonchev–Trinajstić information content (AvgIpc) is 3.05. The zero-order valence-corrected chi connectivity index (χ0v) is 32.9. The smallest absolute Gasteiger partial charge is 0.311 e. The number of aliphatic hydroxyl groups is 5. The molecule has 51 heavy (non-hydrogen) atoms. The Kier molecular flexibility index (Phi) is 14.7. The highest BCUT2D eigenvalue weighted by atomic mass is 16.7. The summed E-state index contributed by atoms with van der Waals surface area (Å²) >= 11 is 0. The Hall–Kier alpha value is -1.30. The van der Waals surface area contributed by atoms with Gasteiger partial charge in [0.1, 0.15) is 29.7 Å². The number of methoxy groups -OCH3 is 1. The van der Waals surface area contributed by atoms with Gasteiger partial charge in [-0.3, -0.25) is 9.59 Å². The minimum atomic E-state index is -1.99. The number of hydrogen-bond acceptors (Lipinski definition) is 14. The van der Waals surface area contributed by atoms with Crippen molar-refractivity contribution in [2.45, 2.75) is 179 Å². The molecule has 14 nitrogen and oxygen atoms in total. The normalized spacial score (nSPS) is 49.7. The van der Waals surface area contributed by atoms with E-state index in [0.717, 1.165) is 0 Å². The van der Waals surface area contributed by atoms with Crippen LogP contribution in [0.2, 0.25) is 0 Å². The number of carbonyl (C=O) groups is 2. The minimum Gasteiger partial charge on any atom is -0.459 e. The maximum absolute atomic E-state index is 14.1. The first kappa shape index (κ1) is 44.1. The summed E-state index contributed by atoms with van der Waals surface area (Å²) < 4.78 is 37.1. The molecule has 3 unspecified atom stereocenters. The number of likely N-dealkylation sites (N-methyl/N-ethyl adjacent to an activating group) is 1. The van der Waals surface area contributed by atoms with Gasteiger partial charge in [-0.05, 0) is 74.9 Å². The molecule has 14 heteroatoms. The van der Waals surface area contributed by atoms with Gasteiger partial charge in [-0.15, -0.1) is 0 Å². The van der Waals surface area contributed by atoms with Crippen molar-refractivity contribution in [2.24, 2.45) is 23.7 Å². The van der Waals surface area contributed by atoms with Crippen LogP contribution in [0.15, 0.2) is 0 Å². The van der Waals surface area contributed by atoms with Crippen LogP contribution in [0.5, 0.6) is 0 Å². The summed E-state index contributed by atoms with van der Waals surface area (Å²) in [6.45, 7) is 16.3. The van der Waals surface area contributed by atoms with Gasteiger partial charge in [-0.25, -0.2) is 0 Å². The second-order valence-corrected chi connectivity index (χ2v) is 16.5. The standard InChI is InChI=1S/C37H67NO13/c1-14-25-37(10,45)30(41)20(4)27(39)18(2)16-35(8,44)32(51-34-28(40)24(38(11)12)15-19(3)47-34)21(5)29(22(6)33(43)49-25)50-26-17-36(9,46-13)31(42)23(7)48-26/h18-26,28-32,34,40-42,44-45H,14-17H2,1-13H3/t18-,19-,20?,21+,22-,23?,24+,25-,26+,28-,29+,30?,31+,32-,34+,35-,36-,37-/m1/s1. The van der Waals surface area contributed by atoms with Gasteiger partial charge in [0.25, 0.3) is 0 Å². The number of hydrogen-bond donors (Lipinski definition) is 5. The monoisotopic (exact) mass is 733 g/mol. The van der Waals surface area contributed by atoms with E-state index in [9.17, 15) is 35.1 Å². The van der Waals surface area contributed by atoms with E-state index in [1.54, 1.807) is 41.5 Å². The number of rotatable bonds is 7. The molecule has 0 aromatic rings. The molecule has 0 aromatic carbocycles. The summed E-state index contributed by atoms with van der Waals surface area (Å²) in [5.41, 5.74) is -4.84. The molecule has 3 aliphatic heterocycles. The van der Waals surface area contributed by atoms with Gasteiger partial charge in [-0.1, -0.05) is 27.7 Å². The third kappa shape index (κ3) is 9.51. The molecule has 18 atom stereocenters. The molecular weight excluding hydrogens is 666 g/mol. The highest BCUT2D eigenvalue weighted by Gasteiger charge is 2.53. The van der Waals surface area contributed by atoms with Gasteiger partial charge < -0.3 is 58.9 Å². The quantitative estimate of drug-likeness (QED) is 0.238. The third-order valence-electron chi connectivity index (χ3n) is 11.8. The Labute approximate surface area is 304 Å². The third-order valence-corrected chi connectivity index (χ3v) is 11.8. The molecule has 3 aliphatic rings. The van der Waals surface area contributed by atoms with Gasteiger partial charge in [0, 0.05) is 37.3 Å². The molecule has 3 fully saturated rings. The predicted molar refractivity (Wildman–Crippen MR) is 186 cm³/mol. The highest BCUT2D eigenvalue weighted by Crippen LogP contribution is 2.40. The van der Waals surface area contributed by atoms with E-state index in [4.69, 9.17) is 28.4 Å². The van der Waals surface area contributed by atoms with Crippen LogP contribution in [0.1, 0.15) is 94.9 Å². The topological polar surface area (TPSA) is 194 Å². The second-order valence-electron chi connectivity index (χ2n) is 16.5. The van der Waals surface area contributed by atoms with E-state index in [0.29, 0.717) is 6.42 Å². The summed E-state index contributed by atoms with van der Waals surface area (Å²) in [6.07, 6.45) is -9.71. The van der Waals surface area contributed by atoms with E-state index >= 15 is 0 Å². The lowest BCUT2D eigenvalue weighted by atomic mass is 9.74. The van der Waals surface area contributed by atoms with E-state index in [-0.39, 0.29) is 31.4 Å². The number of ether oxygens (including phenoxy) is 6. The number of aliphatic hydroxyl groups excluding tert-OH is 3. The van der Waals surface area contributed by atoms with Crippen LogP contribution in [0.25, 0.3) is 0 Å². The van der Waals surface area contributed by atoms with Crippen LogP contribution in [-0.2, 0) is 38.0 Å². The lowest BCUT2D eigenvalue weighted by Crippen LogP contribution is -2.61. The lowest BCUT2D eigenvalue weighted by Gasteiger charge is -2.49. The second kappa shape index (κ2) is 17.0. The van der Waals surface area contributed by atoms with Crippen LogP contribution in [0.3, 0.4) is 0 Å². The maximum atomic E-state index is 14.1. The number of nitrogens with zero attached hydrogens (tertiary/aromatic N) is 1. The molecule has 5 N–H and O–H groups in total. The minimum absolute atomic E-state index is 0.0936. The molecule has 0 radical (unpaired) electrons. The van der Waals surface area contributed by atoms with Crippen LogP contribution in [-0.4, -0.2) is 148 Å². The van der Waals surface area contributed by atoms with Gasteiger partial charge in [0.2, 0.25) is 0 Å². The van der Waals surface area contributed by atoms with Crippen LogP contribution < -0.4 is 0 Å². The number of Topliss-reactive ketones (excluding diaryl/α,β-unsaturated/α-hetero) is 1. The summed E-state index contributed by atoms with van der Waals surface area (Å²) in [7, 11) is 5.18. The zero-order chi connectivity index (χ0) is 39.0. The predicted octanol–water partition coefficient (Wildman–Crippen LogP) is 1.79.